The van der Waals surface area contributed by atoms with Crippen LogP contribution in [-0.4, -0.2) is 58.3 Å². The van der Waals surface area contributed by atoms with Crippen molar-refractivity contribution in [3.8, 4) is 0 Å². The molecule has 1 spiro atoms. The maximum Gasteiger partial charge on any atom is 0.324 e. The van der Waals surface area contributed by atoms with Gasteiger partial charge in [-0.15, -0.1) is 0 Å². The van der Waals surface area contributed by atoms with Crippen molar-refractivity contribution in [1.82, 2.24) is 20.1 Å². The standard InChI is InChI=1S/C15H18N4O4/c1-9-7-16-8-10(11(9)20)12(21)19-5-3-15(4-6-19)13(22)18(2)14(23)17-15/h7-8H,3-6H2,1-2H3,(H,16,20)(H,17,23). The van der Waals surface area contributed by atoms with Gasteiger partial charge in [-0.1, -0.05) is 0 Å². The summed E-state index contributed by atoms with van der Waals surface area (Å²) in [5.74, 6) is -0.613. The molecule has 1 aromatic rings. The van der Waals surface area contributed by atoms with Gasteiger partial charge in [-0.3, -0.25) is 19.3 Å². The maximum absolute atomic E-state index is 12.5. The third-order valence-electron chi connectivity index (χ3n) is 4.63. The summed E-state index contributed by atoms with van der Waals surface area (Å²) in [6.07, 6.45) is 3.64. The van der Waals surface area contributed by atoms with Crippen molar-refractivity contribution in [1.29, 1.82) is 0 Å². The van der Waals surface area contributed by atoms with E-state index in [1.165, 1.54) is 13.2 Å². The quantitative estimate of drug-likeness (QED) is 0.702. The van der Waals surface area contributed by atoms with E-state index in [1.54, 1.807) is 18.0 Å². The number of piperidine rings is 1. The second kappa shape index (κ2) is 5.22. The molecule has 0 radical (unpaired) electrons. The summed E-state index contributed by atoms with van der Waals surface area (Å²) in [7, 11) is 1.44. The zero-order valence-electron chi connectivity index (χ0n) is 13.0. The van der Waals surface area contributed by atoms with Crippen LogP contribution in [0.1, 0.15) is 28.8 Å². The van der Waals surface area contributed by atoms with E-state index in [-0.39, 0.29) is 22.8 Å². The Bertz CT molecular complexity index is 746. The molecule has 0 unspecified atom stereocenters. The highest BCUT2D eigenvalue weighted by Crippen LogP contribution is 2.29. The third-order valence-corrected chi connectivity index (χ3v) is 4.63. The van der Waals surface area contributed by atoms with Crippen molar-refractivity contribution in [3.63, 3.8) is 0 Å². The van der Waals surface area contributed by atoms with Gasteiger partial charge in [0.15, 0.2) is 5.43 Å². The predicted octanol–water partition coefficient (Wildman–Crippen LogP) is -0.160. The summed E-state index contributed by atoms with van der Waals surface area (Å²) in [6.45, 7) is 2.27. The number of imide groups is 1. The SMILES string of the molecule is Cc1c[nH]cc(C(=O)N2CCC3(CC2)NC(=O)N(C)C3=O)c1=O. The number of aromatic nitrogens is 1. The molecule has 2 aliphatic rings. The van der Waals surface area contributed by atoms with E-state index in [9.17, 15) is 19.2 Å². The Morgan fingerprint density at radius 3 is 2.39 bits per heavy atom. The number of H-pyrrole nitrogens is 1. The molecule has 2 saturated heterocycles. The number of hydrogen-bond acceptors (Lipinski definition) is 4. The van der Waals surface area contributed by atoms with Gasteiger partial charge in [-0.05, 0) is 19.8 Å². The van der Waals surface area contributed by atoms with Crippen molar-refractivity contribution in [2.75, 3.05) is 20.1 Å². The topological polar surface area (TPSA) is 103 Å². The van der Waals surface area contributed by atoms with Crippen LogP contribution in [0.3, 0.4) is 0 Å². The molecule has 3 heterocycles. The molecule has 0 saturated carbocycles. The minimum atomic E-state index is -0.915. The van der Waals surface area contributed by atoms with Gasteiger partial charge in [-0.25, -0.2) is 4.79 Å². The van der Waals surface area contributed by atoms with Gasteiger partial charge in [-0.2, -0.15) is 0 Å². The molecular formula is C15H18N4O4. The Balaban J connectivity index is 1.76. The van der Waals surface area contributed by atoms with E-state index in [2.05, 4.69) is 10.3 Å². The summed E-state index contributed by atoms with van der Waals surface area (Å²) in [5, 5.41) is 2.72. The fourth-order valence-corrected chi connectivity index (χ4v) is 3.11. The number of aromatic amines is 1. The summed E-state index contributed by atoms with van der Waals surface area (Å²) >= 11 is 0. The Morgan fingerprint density at radius 1 is 1.17 bits per heavy atom. The monoisotopic (exact) mass is 318 g/mol. The largest absolute Gasteiger partial charge is 0.366 e. The van der Waals surface area contributed by atoms with Crippen LogP contribution >= 0.6 is 0 Å². The Labute approximate surface area is 132 Å². The summed E-state index contributed by atoms with van der Waals surface area (Å²) in [6, 6.07) is -0.412. The van der Waals surface area contributed by atoms with Crippen LogP contribution < -0.4 is 10.7 Å². The zero-order valence-corrected chi connectivity index (χ0v) is 13.0. The van der Waals surface area contributed by atoms with Crippen LogP contribution in [0.25, 0.3) is 0 Å². The molecule has 8 nitrogen and oxygen atoms in total. The lowest BCUT2D eigenvalue weighted by Crippen LogP contribution is -2.56. The zero-order chi connectivity index (χ0) is 16.8. The molecule has 2 aliphatic heterocycles. The number of carbonyl (C=O) groups is 3. The molecule has 4 amide bonds. The number of rotatable bonds is 1. The molecule has 3 rings (SSSR count). The second-order valence-corrected chi connectivity index (χ2v) is 6.05. The van der Waals surface area contributed by atoms with E-state index in [1.807, 2.05) is 0 Å². The fourth-order valence-electron chi connectivity index (χ4n) is 3.11. The maximum atomic E-state index is 12.5. The molecule has 0 bridgehead atoms. The highest BCUT2D eigenvalue weighted by atomic mass is 16.2. The predicted molar refractivity (Wildman–Crippen MR) is 81.0 cm³/mol. The van der Waals surface area contributed by atoms with Crippen LogP contribution in [0.2, 0.25) is 0 Å². The smallest absolute Gasteiger partial charge is 0.324 e. The average molecular weight is 318 g/mol. The third kappa shape index (κ3) is 2.30. The lowest BCUT2D eigenvalue weighted by atomic mass is 9.87. The molecular weight excluding hydrogens is 300 g/mol. The molecule has 1 aromatic heterocycles. The Hall–Kier alpha value is -2.64. The first-order valence-corrected chi connectivity index (χ1v) is 7.43. The van der Waals surface area contributed by atoms with Crippen molar-refractivity contribution < 1.29 is 14.4 Å². The highest BCUT2D eigenvalue weighted by Gasteiger charge is 2.51. The molecule has 23 heavy (non-hydrogen) atoms. The molecule has 2 N–H and O–H groups in total. The molecule has 2 fully saturated rings. The van der Waals surface area contributed by atoms with Crippen LogP contribution in [0, 0.1) is 6.92 Å². The van der Waals surface area contributed by atoms with Crippen molar-refractivity contribution in [2.45, 2.75) is 25.3 Å². The van der Waals surface area contributed by atoms with Gasteiger partial charge >= 0.3 is 6.03 Å². The van der Waals surface area contributed by atoms with E-state index in [0.29, 0.717) is 31.5 Å². The van der Waals surface area contributed by atoms with Crippen LogP contribution in [-0.2, 0) is 4.79 Å². The van der Waals surface area contributed by atoms with Gasteiger partial charge in [0, 0.05) is 38.1 Å². The molecule has 0 aliphatic carbocycles. The van der Waals surface area contributed by atoms with E-state index < -0.39 is 11.6 Å². The first-order valence-electron chi connectivity index (χ1n) is 7.43. The second-order valence-electron chi connectivity index (χ2n) is 6.05. The van der Waals surface area contributed by atoms with Crippen molar-refractivity contribution in [2.24, 2.45) is 0 Å². The number of nitrogens with one attached hydrogen (secondary N) is 2. The number of amides is 4. The van der Waals surface area contributed by atoms with Gasteiger partial charge in [0.1, 0.15) is 11.1 Å². The highest BCUT2D eigenvalue weighted by molar-refractivity contribution is 6.07. The van der Waals surface area contributed by atoms with Gasteiger partial charge in [0.2, 0.25) is 0 Å². The number of likely N-dealkylation sites (tertiary alicyclic amines) is 1. The number of urea groups is 1. The molecule has 0 atom stereocenters. The van der Waals surface area contributed by atoms with E-state index >= 15 is 0 Å². The Morgan fingerprint density at radius 2 is 1.83 bits per heavy atom. The van der Waals surface area contributed by atoms with Crippen LogP contribution in [0.15, 0.2) is 17.2 Å². The summed E-state index contributed by atoms with van der Waals surface area (Å²) in [4.78, 5) is 53.8. The number of nitrogens with zero attached hydrogens (tertiary/aromatic N) is 2. The van der Waals surface area contributed by atoms with Crippen molar-refractivity contribution in [3.05, 3.63) is 33.7 Å². The van der Waals surface area contributed by atoms with E-state index in [0.717, 1.165) is 4.90 Å². The van der Waals surface area contributed by atoms with Gasteiger partial charge in [0.05, 0.1) is 0 Å². The first kappa shape index (κ1) is 15.3. The number of likely N-dealkylation sites (N-methyl/N-ethyl adjacent to an activating group) is 1. The summed E-state index contributed by atoms with van der Waals surface area (Å²) < 4.78 is 0. The molecule has 8 heteroatoms. The average Bonchev–Trinajstić information content (AvgIpc) is 2.74. The minimum absolute atomic E-state index is 0.0971. The Kier molecular flexibility index (Phi) is 3.46. The molecule has 122 valence electrons. The lowest BCUT2D eigenvalue weighted by Gasteiger charge is -2.37. The van der Waals surface area contributed by atoms with Gasteiger partial charge < -0.3 is 15.2 Å². The minimum Gasteiger partial charge on any atom is -0.366 e. The van der Waals surface area contributed by atoms with Gasteiger partial charge in [0.25, 0.3) is 11.8 Å². The normalized spacial score (nSPS) is 20.1. The number of carbonyl (C=O) groups excluding carboxylic acids is 3. The lowest BCUT2D eigenvalue weighted by molar-refractivity contribution is -0.131. The first-order chi connectivity index (χ1) is 10.9. The number of hydrogen-bond donors (Lipinski definition) is 2. The fraction of sp³-hybridized carbons (Fsp3) is 0.467. The van der Waals surface area contributed by atoms with Crippen LogP contribution in [0.5, 0.6) is 0 Å². The van der Waals surface area contributed by atoms with E-state index in [4.69, 9.17) is 0 Å². The van der Waals surface area contributed by atoms with Crippen molar-refractivity contribution >= 4 is 17.8 Å². The van der Waals surface area contributed by atoms with Crippen LogP contribution in [0.4, 0.5) is 4.79 Å². The summed E-state index contributed by atoms with van der Waals surface area (Å²) in [5.41, 5.74) is -0.634. The number of pyridine rings is 1. The molecule has 0 aromatic carbocycles. The number of aryl methyl sites for hydroxylation is 1.